The van der Waals surface area contributed by atoms with Crippen LogP contribution in [0, 0.1) is 5.82 Å². The molecule has 118 valence electrons. The van der Waals surface area contributed by atoms with Gasteiger partial charge in [-0.2, -0.15) is 0 Å². The van der Waals surface area contributed by atoms with Crippen molar-refractivity contribution in [2.24, 2.45) is 5.73 Å². The third kappa shape index (κ3) is 5.01. The van der Waals surface area contributed by atoms with Gasteiger partial charge in [-0.3, -0.25) is 4.79 Å². The van der Waals surface area contributed by atoms with Crippen molar-refractivity contribution >= 4 is 5.91 Å². The Hall–Kier alpha value is -1.62. The van der Waals surface area contributed by atoms with Gasteiger partial charge in [-0.1, -0.05) is 6.92 Å². The number of amides is 1. The van der Waals surface area contributed by atoms with Gasteiger partial charge in [0.05, 0.1) is 0 Å². The first-order valence-corrected chi connectivity index (χ1v) is 7.20. The lowest BCUT2D eigenvalue weighted by atomic mass is 10.0. The summed E-state index contributed by atoms with van der Waals surface area (Å²) in [7, 11) is 0. The van der Waals surface area contributed by atoms with Crippen molar-refractivity contribution in [3.63, 3.8) is 0 Å². The quantitative estimate of drug-likeness (QED) is 0.848. The molecule has 0 radical (unpaired) electrons. The van der Waals surface area contributed by atoms with Gasteiger partial charge in [-0.15, -0.1) is 0 Å². The largest absolute Gasteiger partial charge is 0.481 e. The highest BCUT2D eigenvalue weighted by atomic mass is 19.1. The summed E-state index contributed by atoms with van der Waals surface area (Å²) in [6, 6.07) is 3.75. The predicted octanol–water partition coefficient (Wildman–Crippen LogP) is 2.92. The Balaban J connectivity index is 2.84. The molecule has 0 saturated carbocycles. The molecule has 0 aliphatic rings. The lowest BCUT2D eigenvalue weighted by Gasteiger charge is -2.27. The highest BCUT2D eigenvalue weighted by Crippen LogP contribution is 2.25. The average molecular weight is 296 g/mol. The molecular formula is C16H25FN2O2. The van der Waals surface area contributed by atoms with Crippen LogP contribution in [0.5, 0.6) is 5.75 Å². The first kappa shape index (κ1) is 17.4. The van der Waals surface area contributed by atoms with Crippen molar-refractivity contribution < 1.29 is 13.9 Å². The van der Waals surface area contributed by atoms with Gasteiger partial charge in [0.2, 0.25) is 0 Å². The SMILES string of the molecule is CCC(C)(C)NC(=O)C(C)Oc1ccc(F)cc1C(C)N. The Bertz CT molecular complexity index is 501. The van der Waals surface area contributed by atoms with Crippen LogP contribution in [-0.2, 0) is 4.79 Å². The van der Waals surface area contributed by atoms with Crippen LogP contribution in [0.4, 0.5) is 4.39 Å². The van der Waals surface area contributed by atoms with Gasteiger partial charge in [0, 0.05) is 17.1 Å². The Kier molecular flexibility index (Phi) is 5.72. The van der Waals surface area contributed by atoms with E-state index in [2.05, 4.69) is 5.32 Å². The van der Waals surface area contributed by atoms with Crippen molar-refractivity contribution in [3.8, 4) is 5.75 Å². The van der Waals surface area contributed by atoms with E-state index in [1.54, 1.807) is 13.8 Å². The van der Waals surface area contributed by atoms with Crippen molar-refractivity contribution in [2.45, 2.75) is 58.7 Å². The molecule has 2 atom stereocenters. The van der Waals surface area contributed by atoms with E-state index in [-0.39, 0.29) is 23.3 Å². The molecule has 1 aromatic carbocycles. The summed E-state index contributed by atoms with van der Waals surface area (Å²) in [6.45, 7) is 9.30. The number of hydrogen-bond donors (Lipinski definition) is 2. The standard InChI is InChI=1S/C16H25FN2O2/c1-6-16(4,5)19-15(20)11(3)21-14-8-7-12(17)9-13(14)10(2)18/h7-11H,6,18H2,1-5H3,(H,19,20). The van der Waals surface area contributed by atoms with E-state index in [4.69, 9.17) is 10.5 Å². The van der Waals surface area contributed by atoms with E-state index in [1.807, 2.05) is 20.8 Å². The number of ether oxygens (including phenoxy) is 1. The van der Waals surface area contributed by atoms with Crippen LogP contribution in [0.3, 0.4) is 0 Å². The number of carbonyl (C=O) groups excluding carboxylic acids is 1. The number of nitrogens with one attached hydrogen (secondary N) is 1. The zero-order chi connectivity index (χ0) is 16.2. The summed E-state index contributed by atoms with van der Waals surface area (Å²) < 4.78 is 18.9. The van der Waals surface area contributed by atoms with Crippen molar-refractivity contribution in [2.75, 3.05) is 0 Å². The second-order valence-electron chi connectivity index (χ2n) is 5.96. The molecule has 0 aliphatic carbocycles. The molecule has 1 rings (SSSR count). The molecule has 5 heteroatoms. The van der Waals surface area contributed by atoms with Gasteiger partial charge in [-0.05, 0) is 52.3 Å². The summed E-state index contributed by atoms with van der Waals surface area (Å²) in [5, 5.41) is 2.92. The molecule has 0 bridgehead atoms. The van der Waals surface area contributed by atoms with Crippen LogP contribution in [-0.4, -0.2) is 17.6 Å². The Morgan fingerprint density at radius 1 is 1.43 bits per heavy atom. The molecule has 2 unspecified atom stereocenters. The van der Waals surface area contributed by atoms with Crippen LogP contribution in [0.1, 0.15) is 52.6 Å². The summed E-state index contributed by atoms with van der Waals surface area (Å²) in [5.74, 6) is -0.149. The highest BCUT2D eigenvalue weighted by molar-refractivity contribution is 5.81. The minimum absolute atomic E-state index is 0.207. The van der Waals surface area contributed by atoms with Gasteiger partial charge in [-0.25, -0.2) is 4.39 Å². The normalized spacial score (nSPS) is 14.4. The van der Waals surface area contributed by atoms with Crippen LogP contribution in [0.25, 0.3) is 0 Å². The fourth-order valence-corrected chi connectivity index (χ4v) is 1.75. The molecule has 0 spiro atoms. The van der Waals surface area contributed by atoms with Crippen molar-refractivity contribution in [1.29, 1.82) is 0 Å². The average Bonchev–Trinajstić information content (AvgIpc) is 2.40. The molecule has 21 heavy (non-hydrogen) atoms. The smallest absolute Gasteiger partial charge is 0.261 e. The van der Waals surface area contributed by atoms with Gasteiger partial charge >= 0.3 is 0 Å². The zero-order valence-electron chi connectivity index (χ0n) is 13.4. The number of hydrogen-bond acceptors (Lipinski definition) is 3. The third-order valence-corrected chi connectivity index (χ3v) is 3.48. The number of benzene rings is 1. The van der Waals surface area contributed by atoms with E-state index in [0.29, 0.717) is 11.3 Å². The summed E-state index contributed by atoms with van der Waals surface area (Å²) in [6.07, 6.45) is 0.131. The fraction of sp³-hybridized carbons (Fsp3) is 0.562. The monoisotopic (exact) mass is 296 g/mol. The van der Waals surface area contributed by atoms with Gasteiger partial charge in [0.1, 0.15) is 11.6 Å². The highest BCUT2D eigenvalue weighted by Gasteiger charge is 2.23. The van der Waals surface area contributed by atoms with E-state index in [9.17, 15) is 9.18 Å². The maximum atomic E-state index is 13.3. The number of nitrogens with two attached hydrogens (primary N) is 1. The van der Waals surface area contributed by atoms with Crippen LogP contribution >= 0.6 is 0 Å². The zero-order valence-corrected chi connectivity index (χ0v) is 13.4. The van der Waals surface area contributed by atoms with Gasteiger partial charge < -0.3 is 15.8 Å². The molecule has 1 aromatic rings. The molecule has 0 heterocycles. The lowest BCUT2D eigenvalue weighted by Crippen LogP contribution is -2.48. The van der Waals surface area contributed by atoms with Crippen LogP contribution in [0.15, 0.2) is 18.2 Å². The fourth-order valence-electron chi connectivity index (χ4n) is 1.75. The van der Waals surface area contributed by atoms with E-state index < -0.39 is 6.10 Å². The third-order valence-electron chi connectivity index (χ3n) is 3.48. The number of halogens is 1. The Morgan fingerprint density at radius 2 is 2.05 bits per heavy atom. The summed E-state index contributed by atoms with van der Waals surface area (Å²) >= 11 is 0. The number of rotatable bonds is 6. The molecule has 4 nitrogen and oxygen atoms in total. The van der Waals surface area contributed by atoms with E-state index in [1.165, 1.54) is 18.2 Å². The minimum atomic E-state index is -0.682. The molecule has 3 N–H and O–H groups in total. The first-order chi connectivity index (χ1) is 9.66. The summed E-state index contributed by atoms with van der Waals surface area (Å²) in [4.78, 5) is 12.1. The van der Waals surface area contributed by atoms with E-state index in [0.717, 1.165) is 6.42 Å². The maximum absolute atomic E-state index is 13.3. The van der Waals surface area contributed by atoms with Crippen molar-refractivity contribution in [3.05, 3.63) is 29.6 Å². The molecule has 1 amide bonds. The van der Waals surface area contributed by atoms with Gasteiger partial charge in [0.25, 0.3) is 5.91 Å². The summed E-state index contributed by atoms with van der Waals surface area (Å²) in [5.41, 5.74) is 6.07. The van der Waals surface area contributed by atoms with Crippen LogP contribution < -0.4 is 15.8 Å². The molecule has 0 aliphatic heterocycles. The van der Waals surface area contributed by atoms with Gasteiger partial charge in [0.15, 0.2) is 6.10 Å². The molecule has 0 fully saturated rings. The van der Waals surface area contributed by atoms with Crippen molar-refractivity contribution in [1.82, 2.24) is 5.32 Å². The van der Waals surface area contributed by atoms with E-state index >= 15 is 0 Å². The Labute approximate surface area is 125 Å². The second kappa shape index (κ2) is 6.89. The number of carbonyl (C=O) groups is 1. The molecular weight excluding hydrogens is 271 g/mol. The minimum Gasteiger partial charge on any atom is -0.481 e. The lowest BCUT2D eigenvalue weighted by molar-refractivity contribution is -0.129. The maximum Gasteiger partial charge on any atom is 0.261 e. The molecule has 0 aromatic heterocycles. The van der Waals surface area contributed by atoms with Crippen LogP contribution in [0.2, 0.25) is 0 Å². The Morgan fingerprint density at radius 3 is 2.57 bits per heavy atom. The predicted molar refractivity (Wildman–Crippen MR) is 81.6 cm³/mol. The second-order valence-corrected chi connectivity index (χ2v) is 5.96. The first-order valence-electron chi connectivity index (χ1n) is 7.20. The molecule has 0 saturated heterocycles. The topological polar surface area (TPSA) is 64.3 Å².